The number of nitrogens with one attached hydrogen (secondary N) is 1. The van der Waals surface area contributed by atoms with Gasteiger partial charge in [0, 0.05) is 30.7 Å². The summed E-state index contributed by atoms with van der Waals surface area (Å²) >= 11 is 0. The van der Waals surface area contributed by atoms with Crippen LogP contribution in [-0.2, 0) is 0 Å². The molecular formula is C27H32N4O2. The highest BCUT2D eigenvalue weighted by atomic mass is 16.1. The van der Waals surface area contributed by atoms with E-state index in [0.717, 1.165) is 19.5 Å². The molecule has 0 bridgehead atoms. The Balaban J connectivity index is 1.27. The number of likely N-dealkylation sites (tertiary alicyclic amines) is 1. The lowest BCUT2D eigenvalue weighted by Crippen LogP contribution is -2.39. The van der Waals surface area contributed by atoms with Crippen LogP contribution in [0.2, 0.25) is 0 Å². The number of benzene rings is 2. The second kappa shape index (κ2) is 9.48. The minimum Gasteiger partial charge on any atom is -0.348 e. The van der Waals surface area contributed by atoms with Crippen LogP contribution in [0.25, 0.3) is 16.6 Å². The minimum absolute atomic E-state index is 0.0463. The van der Waals surface area contributed by atoms with Crippen LogP contribution in [0.1, 0.15) is 61.1 Å². The highest BCUT2D eigenvalue weighted by molar-refractivity contribution is 5.94. The van der Waals surface area contributed by atoms with Crippen LogP contribution in [0.4, 0.5) is 0 Å². The minimum atomic E-state index is -0.0974. The second-order valence-electron chi connectivity index (χ2n) is 9.46. The lowest BCUT2D eigenvalue weighted by atomic mass is 10.1. The first-order valence-corrected chi connectivity index (χ1v) is 12.2. The number of aromatic nitrogens is 2. The maximum absolute atomic E-state index is 13.0. The van der Waals surface area contributed by atoms with Crippen molar-refractivity contribution < 1.29 is 4.79 Å². The SMILES string of the molecule is Cc1nc2ccccc2c(=O)n1-c1ccc(C(=O)NC2CCN(C3CCCCCC3)C2)cc1. The third kappa shape index (κ3) is 4.58. The summed E-state index contributed by atoms with van der Waals surface area (Å²) in [6, 6.07) is 15.5. The van der Waals surface area contributed by atoms with Crippen molar-refractivity contribution >= 4 is 16.8 Å². The molecule has 5 rings (SSSR count). The standard InChI is InChI=1S/C27H32N4O2/c1-19-28-25-11-7-6-10-24(25)27(33)31(19)23-14-12-20(13-15-23)26(32)29-21-16-17-30(18-21)22-8-4-2-3-5-9-22/h6-7,10-15,21-22H,2-5,8-9,16-18H2,1H3,(H,29,32). The van der Waals surface area contributed by atoms with Crippen molar-refractivity contribution in [2.45, 2.75) is 64.0 Å². The quantitative estimate of drug-likeness (QED) is 0.612. The van der Waals surface area contributed by atoms with E-state index in [9.17, 15) is 9.59 Å². The van der Waals surface area contributed by atoms with Crippen LogP contribution in [0.15, 0.2) is 53.3 Å². The van der Waals surface area contributed by atoms with Crippen molar-refractivity contribution in [2.24, 2.45) is 0 Å². The van der Waals surface area contributed by atoms with Crippen molar-refractivity contribution in [1.29, 1.82) is 0 Å². The Kier molecular flexibility index (Phi) is 6.27. The maximum atomic E-state index is 13.0. The molecule has 2 aromatic carbocycles. The van der Waals surface area contributed by atoms with Crippen LogP contribution in [0.3, 0.4) is 0 Å². The maximum Gasteiger partial charge on any atom is 0.265 e. The highest BCUT2D eigenvalue weighted by Gasteiger charge is 2.29. The number of fused-ring (bicyclic) bond motifs is 1. The van der Waals surface area contributed by atoms with Gasteiger partial charge in [-0.1, -0.05) is 37.8 Å². The third-order valence-electron chi connectivity index (χ3n) is 7.23. The molecule has 3 aromatic rings. The van der Waals surface area contributed by atoms with Gasteiger partial charge in [-0.25, -0.2) is 4.98 Å². The Morgan fingerprint density at radius 3 is 2.45 bits per heavy atom. The van der Waals surface area contributed by atoms with Gasteiger partial charge < -0.3 is 5.32 Å². The smallest absolute Gasteiger partial charge is 0.265 e. The molecule has 0 spiro atoms. The summed E-state index contributed by atoms with van der Waals surface area (Å²) in [6.07, 6.45) is 9.00. The molecule has 6 heteroatoms. The summed E-state index contributed by atoms with van der Waals surface area (Å²) in [4.78, 5) is 33.1. The molecule has 1 amide bonds. The molecule has 172 valence electrons. The van der Waals surface area contributed by atoms with Crippen molar-refractivity contribution in [2.75, 3.05) is 13.1 Å². The molecule has 1 N–H and O–H groups in total. The van der Waals surface area contributed by atoms with Crippen molar-refractivity contribution in [3.05, 3.63) is 70.3 Å². The number of amides is 1. The van der Waals surface area contributed by atoms with Gasteiger partial charge in [-0.3, -0.25) is 19.1 Å². The van der Waals surface area contributed by atoms with E-state index < -0.39 is 0 Å². The predicted molar refractivity (Wildman–Crippen MR) is 131 cm³/mol. The summed E-state index contributed by atoms with van der Waals surface area (Å²) in [5, 5.41) is 3.81. The zero-order valence-electron chi connectivity index (χ0n) is 19.3. The molecule has 1 unspecified atom stereocenters. The van der Waals surface area contributed by atoms with Gasteiger partial charge in [-0.05, 0) is 62.6 Å². The molecule has 6 nitrogen and oxygen atoms in total. The molecule has 1 aliphatic heterocycles. The Labute approximate surface area is 194 Å². The van der Waals surface area contributed by atoms with Crippen LogP contribution >= 0.6 is 0 Å². The highest BCUT2D eigenvalue weighted by Crippen LogP contribution is 2.25. The van der Waals surface area contributed by atoms with Crippen molar-refractivity contribution in [3.8, 4) is 5.69 Å². The average Bonchev–Trinajstić information content (AvgIpc) is 3.11. The predicted octanol–water partition coefficient (Wildman–Crippen LogP) is 4.22. The Morgan fingerprint density at radius 2 is 1.70 bits per heavy atom. The van der Waals surface area contributed by atoms with E-state index in [0.29, 0.717) is 34.0 Å². The number of aryl methyl sites for hydroxylation is 1. The van der Waals surface area contributed by atoms with Crippen LogP contribution in [0, 0.1) is 6.92 Å². The molecule has 1 saturated heterocycles. The Hall–Kier alpha value is -2.99. The number of hydrogen-bond donors (Lipinski definition) is 1. The van der Waals surface area contributed by atoms with E-state index in [1.54, 1.807) is 22.8 Å². The van der Waals surface area contributed by atoms with Gasteiger partial charge >= 0.3 is 0 Å². The van der Waals surface area contributed by atoms with Gasteiger partial charge in [0.15, 0.2) is 0 Å². The molecular weight excluding hydrogens is 412 g/mol. The topological polar surface area (TPSA) is 67.2 Å². The molecule has 2 heterocycles. The fourth-order valence-electron chi connectivity index (χ4n) is 5.44. The van der Waals surface area contributed by atoms with E-state index in [4.69, 9.17) is 0 Å². The van der Waals surface area contributed by atoms with E-state index in [1.165, 1.54) is 38.5 Å². The first-order valence-electron chi connectivity index (χ1n) is 12.2. The lowest BCUT2D eigenvalue weighted by Gasteiger charge is -2.26. The molecule has 1 saturated carbocycles. The summed E-state index contributed by atoms with van der Waals surface area (Å²) in [7, 11) is 0. The first kappa shape index (κ1) is 21.8. The normalized spacial score (nSPS) is 20.1. The van der Waals surface area contributed by atoms with Gasteiger partial charge in [0.2, 0.25) is 0 Å². The molecule has 2 aliphatic rings. The molecule has 1 aliphatic carbocycles. The number of hydrogen-bond acceptors (Lipinski definition) is 4. The molecule has 1 atom stereocenters. The van der Waals surface area contributed by atoms with E-state index in [2.05, 4.69) is 15.2 Å². The molecule has 1 aromatic heterocycles. The molecule has 0 radical (unpaired) electrons. The average molecular weight is 445 g/mol. The van der Waals surface area contributed by atoms with Gasteiger partial charge in [0.05, 0.1) is 16.6 Å². The monoisotopic (exact) mass is 444 g/mol. The first-order chi connectivity index (χ1) is 16.1. The van der Waals surface area contributed by atoms with Gasteiger partial charge in [-0.15, -0.1) is 0 Å². The fraction of sp³-hybridized carbons (Fsp3) is 0.444. The van der Waals surface area contributed by atoms with Crippen molar-refractivity contribution in [1.82, 2.24) is 19.8 Å². The zero-order chi connectivity index (χ0) is 22.8. The van der Waals surface area contributed by atoms with E-state index in [1.807, 2.05) is 37.3 Å². The number of nitrogens with zero attached hydrogens (tertiary/aromatic N) is 3. The summed E-state index contributed by atoms with van der Waals surface area (Å²) in [5.74, 6) is 0.579. The van der Waals surface area contributed by atoms with E-state index in [-0.39, 0.29) is 17.5 Å². The van der Waals surface area contributed by atoms with Gasteiger partial charge in [-0.2, -0.15) is 0 Å². The zero-order valence-corrected chi connectivity index (χ0v) is 19.3. The van der Waals surface area contributed by atoms with Crippen molar-refractivity contribution in [3.63, 3.8) is 0 Å². The number of carbonyl (C=O) groups excluding carboxylic acids is 1. The Bertz CT molecular complexity index is 1190. The van der Waals surface area contributed by atoms with Gasteiger partial charge in [0.25, 0.3) is 11.5 Å². The summed E-state index contributed by atoms with van der Waals surface area (Å²) in [6.45, 7) is 3.85. The summed E-state index contributed by atoms with van der Waals surface area (Å²) < 4.78 is 1.60. The summed E-state index contributed by atoms with van der Waals surface area (Å²) in [5.41, 5.74) is 1.93. The lowest BCUT2D eigenvalue weighted by molar-refractivity contribution is 0.0935. The fourth-order valence-corrected chi connectivity index (χ4v) is 5.44. The van der Waals surface area contributed by atoms with E-state index >= 15 is 0 Å². The number of carbonyl (C=O) groups is 1. The van der Waals surface area contributed by atoms with Crippen LogP contribution in [-0.4, -0.2) is 45.5 Å². The van der Waals surface area contributed by atoms with Crippen LogP contribution in [0.5, 0.6) is 0 Å². The van der Waals surface area contributed by atoms with Crippen LogP contribution < -0.4 is 10.9 Å². The third-order valence-corrected chi connectivity index (χ3v) is 7.23. The van der Waals surface area contributed by atoms with Gasteiger partial charge in [0.1, 0.15) is 5.82 Å². The largest absolute Gasteiger partial charge is 0.348 e. The molecule has 33 heavy (non-hydrogen) atoms. The number of rotatable bonds is 4. The Morgan fingerprint density at radius 1 is 0.970 bits per heavy atom. The molecule has 2 fully saturated rings. The second-order valence-corrected chi connectivity index (χ2v) is 9.46. The number of para-hydroxylation sites is 1.